The second kappa shape index (κ2) is 7.11. The topological polar surface area (TPSA) is 72.5 Å². The number of hydrogen-bond acceptors (Lipinski definition) is 4. The molecular weight excluding hydrogens is 321 g/mol. The van der Waals surface area contributed by atoms with Crippen molar-refractivity contribution in [3.05, 3.63) is 60.2 Å². The van der Waals surface area contributed by atoms with Crippen LogP contribution in [0.25, 0.3) is 0 Å². The van der Waals surface area contributed by atoms with Crippen molar-refractivity contribution in [1.82, 2.24) is 4.72 Å². The molecule has 2 rings (SSSR count). The molecule has 0 spiro atoms. The van der Waals surface area contributed by atoms with Gasteiger partial charge in [0.15, 0.2) is 6.23 Å². The third kappa shape index (κ3) is 4.45. The summed E-state index contributed by atoms with van der Waals surface area (Å²) in [6.07, 6.45) is -0.907. The fraction of sp³-hybridized carbons (Fsp3) is 0.200. The highest BCUT2D eigenvalue weighted by Crippen LogP contribution is 2.23. The van der Waals surface area contributed by atoms with E-state index in [9.17, 15) is 13.0 Å². The Morgan fingerprint density at radius 2 is 1.64 bits per heavy atom. The summed E-state index contributed by atoms with van der Waals surface area (Å²) in [7, 11) is -5.83. The van der Waals surface area contributed by atoms with E-state index in [4.69, 9.17) is 4.52 Å². The highest BCUT2D eigenvalue weighted by molar-refractivity contribution is 7.89. The largest absolute Gasteiger partial charge is 0.550 e. The van der Waals surface area contributed by atoms with Crippen molar-refractivity contribution in [2.45, 2.75) is 25.0 Å². The third-order valence-corrected chi connectivity index (χ3v) is 5.64. The first-order chi connectivity index (χ1) is 10.4. The van der Waals surface area contributed by atoms with Crippen LogP contribution in [0.15, 0.2) is 59.5 Å². The van der Waals surface area contributed by atoms with E-state index < -0.39 is 24.3 Å². The Balaban J connectivity index is 2.03. The van der Waals surface area contributed by atoms with Crippen LogP contribution in [0.3, 0.4) is 0 Å². The summed E-state index contributed by atoms with van der Waals surface area (Å²) < 4.78 is 44.0. The summed E-state index contributed by atoms with van der Waals surface area (Å²) in [6.45, 7) is 3.38. The molecule has 2 aromatic carbocycles. The van der Waals surface area contributed by atoms with Crippen molar-refractivity contribution < 1.29 is 17.5 Å². The van der Waals surface area contributed by atoms with Crippen LogP contribution in [0, 0.1) is 6.92 Å². The molecule has 22 heavy (non-hydrogen) atoms. The maximum Gasteiger partial charge on any atom is 0.550 e. The molecule has 0 aromatic heterocycles. The molecule has 0 aliphatic heterocycles. The average Bonchev–Trinajstić information content (AvgIpc) is 2.48. The molecule has 0 radical (unpaired) electrons. The predicted molar refractivity (Wildman–Crippen MR) is 85.7 cm³/mol. The summed E-state index contributed by atoms with van der Waals surface area (Å²) in [5.74, 6) is 0. The van der Waals surface area contributed by atoms with Gasteiger partial charge in [-0.05, 0) is 42.7 Å². The summed E-state index contributed by atoms with van der Waals surface area (Å²) >= 11 is 0. The molecule has 5 nitrogen and oxygen atoms in total. The molecule has 0 heterocycles. The van der Waals surface area contributed by atoms with Crippen LogP contribution < -0.4 is 10.0 Å². The highest BCUT2D eigenvalue weighted by Gasteiger charge is 2.28. The van der Waals surface area contributed by atoms with Gasteiger partial charge in [-0.15, -0.1) is 4.52 Å². The van der Waals surface area contributed by atoms with Crippen molar-refractivity contribution in [3.8, 4) is 0 Å². The Bertz CT molecular complexity index is 745. The number of hydrogen-bond donors (Lipinski definition) is 1. The zero-order chi connectivity index (χ0) is 16.2. The van der Waals surface area contributed by atoms with E-state index in [0.29, 0.717) is 5.30 Å². The number of nitrogens with one attached hydrogen (secondary N) is 1. The van der Waals surface area contributed by atoms with Crippen LogP contribution in [0.1, 0.15) is 12.5 Å². The SMILES string of the molecule is Cc1ccc(S(=O)(=O)NC(C)O[P+](=O)c2ccccc2)cc1. The van der Waals surface area contributed by atoms with E-state index in [1.165, 1.54) is 19.1 Å². The average molecular weight is 338 g/mol. The van der Waals surface area contributed by atoms with Crippen molar-refractivity contribution in [1.29, 1.82) is 0 Å². The number of benzene rings is 2. The fourth-order valence-corrected chi connectivity index (χ4v) is 3.84. The van der Waals surface area contributed by atoms with Gasteiger partial charge in [-0.25, -0.2) is 8.42 Å². The van der Waals surface area contributed by atoms with Crippen molar-refractivity contribution >= 4 is 23.4 Å². The molecule has 1 N–H and O–H groups in total. The fourth-order valence-electron chi connectivity index (χ4n) is 1.78. The summed E-state index contributed by atoms with van der Waals surface area (Å²) in [5, 5.41) is 0.513. The van der Waals surface area contributed by atoms with Gasteiger partial charge in [0.2, 0.25) is 15.3 Å². The van der Waals surface area contributed by atoms with Crippen LogP contribution in [0.5, 0.6) is 0 Å². The minimum Gasteiger partial charge on any atom is -0.207 e. The lowest BCUT2D eigenvalue weighted by Gasteiger charge is -2.09. The number of rotatable bonds is 6. The van der Waals surface area contributed by atoms with Crippen molar-refractivity contribution in [2.24, 2.45) is 0 Å². The lowest BCUT2D eigenvalue weighted by molar-refractivity contribution is 0.227. The quantitative estimate of drug-likeness (QED) is 0.649. The molecule has 2 unspecified atom stereocenters. The minimum atomic E-state index is -3.71. The molecule has 0 fully saturated rings. The molecular formula is C15H17NO4PS+. The van der Waals surface area contributed by atoms with E-state index in [-0.39, 0.29) is 4.90 Å². The molecule has 0 aliphatic carbocycles. The summed E-state index contributed by atoms with van der Waals surface area (Å²) in [5.41, 5.74) is 0.968. The monoisotopic (exact) mass is 338 g/mol. The Morgan fingerprint density at radius 1 is 1.05 bits per heavy atom. The first-order valence-corrected chi connectivity index (χ1v) is 9.32. The first kappa shape index (κ1) is 16.8. The molecule has 116 valence electrons. The Labute approximate surface area is 131 Å². The minimum absolute atomic E-state index is 0.142. The zero-order valence-electron chi connectivity index (χ0n) is 12.3. The molecule has 7 heteroatoms. The van der Waals surface area contributed by atoms with Crippen LogP contribution in [-0.2, 0) is 19.1 Å². The molecule has 0 aliphatic rings. The Kier molecular flexibility index (Phi) is 5.42. The predicted octanol–water partition coefficient (Wildman–Crippen LogP) is 2.70. The second-order valence-corrected chi connectivity index (χ2v) is 7.73. The van der Waals surface area contributed by atoms with Gasteiger partial charge in [0.25, 0.3) is 0 Å². The van der Waals surface area contributed by atoms with Gasteiger partial charge in [-0.1, -0.05) is 35.9 Å². The van der Waals surface area contributed by atoms with Gasteiger partial charge in [0.1, 0.15) is 0 Å². The van der Waals surface area contributed by atoms with Gasteiger partial charge in [-0.2, -0.15) is 4.72 Å². The van der Waals surface area contributed by atoms with E-state index in [1.807, 2.05) is 6.92 Å². The van der Waals surface area contributed by atoms with Crippen LogP contribution in [0.2, 0.25) is 0 Å². The highest BCUT2D eigenvalue weighted by atomic mass is 32.2. The molecule has 2 atom stereocenters. The van der Waals surface area contributed by atoms with Crippen LogP contribution >= 0.6 is 8.03 Å². The number of aryl methyl sites for hydroxylation is 1. The first-order valence-electron chi connectivity index (χ1n) is 6.66. The maximum absolute atomic E-state index is 12.2. The smallest absolute Gasteiger partial charge is 0.207 e. The second-order valence-electron chi connectivity index (χ2n) is 4.77. The molecule has 2 aromatic rings. The lowest BCUT2D eigenvalue weighted by atomic mass is 10.2. The van der Waals surface area contributed by atoms with E-state index in [0.717, 1.165) is 5.56 Å². The third-order valence-electron chi connectivity index (χ3n) is 2.87. The normalized spacial score (nSPS) is 13.6. The molecule has 0 saturated heterocycles. The lowest BCUT2D eigenvalue weighted by Crippen LogP contribution is -2.33. The van der Waals surface area contributed by atoms with Gasteiger partial charge in [0.05, 0.1) is 4.90 Å². The van der Waals surface area contributed by atoms with Crippen molar-refractivity contribution in [3.63, 3.8) is 0 Å². The molecule has 0 amide bonds. The van der Waals surface area contributed by atoms with Crippen LogP contribution in [0.4, 0.5) is 0 Å². The molecule has 0 bridgehead atoms. The summed E-state index contributed by atoms with van der Waals surface area (Å²) in [4.78, 5) is 0.142. The van der Waals surface area contributed by atoms with Gasteiger partial charge in [-0.3, -0.25) is 0 Å². The van der Waals surface area contributed by atoms with Gasteiger partial charge in [0, 0.05) is 0 Å². The molecule has 0 saturated carbocycles. The van der Waals surface area contributed by atoms with Crippen LogP contribution in [-0.4, -0.2) is 14.6 Å². The Hall–Kier alpha value is -1.59. The number of sulfonamides is 1. The summed E-state index contributed by atoms with van der Waals surface area (Å²) in [6, 6.07) is 15.1. The standard InChI is InChI=1S/C15H17NO4PS/c1-12-8-10-15(11-9-12)22(18,19)16-13(2)20-21(17)14-6-4-3-5-7-14/h3-11,13,16H,1-2H3/q+1. The maximum atomic E-state index is 12.2. The van der Waals surface area contributed by atoms with Gasteiger partial charge < -0.3 is 0 Å². The van der Waals surface area contributed by atoms with E-state index >= 15 is 0 Å². The van der Waals surface area contributed by atoms with Gasteiger partial charge >= 0.3 is 8.03 Å². The van der Waals surface area contributed by atoms with Crippen molar-refractivity contribution in [2.75, 3.05) is 0 Å². The zero-order valence-corrected chi connectivity index (χ0v) is 14.0. The van der Waals surface area contributed by atoms with E-state index in [1.54, 1.807) is 42.5 Å². The van der Waals surface area contributed by atoms with E-state index in [2.05, 4.69) is 4.72 Å². The Morgan fingerprint density at radius 3 is 2.23 bits per heavy atom.